The van der Waals surface area contributed by atoms with Gasteiger partial charge in [0.2, 0.25) is 0 Å². The van der Waals surface area contributed by atoms with Crippen molar-refractivity contribution in [2.24, 2.45) is 5.11 Å². The fourth-order valence-corrected chi connectivity index (χ4v) is 2.17. The van der Waals surface area contributed by atoms with Crippen molar-refractivity contribution in [1.82, 2.24) is 5.32 Å². The molecule has 1 aromatic rings. The molecule has 0 amide bonds. The van der Waals surface area contributed by atoms with E-state index in [1.165, 1.54) is 11.3 Å². The molecule has 1 atom stereocenters. The molecule has 6 nitrogen and oxygen atoms in total. The van der Waals surface area contributed by atoms with Gasteiger partial charge in [0.1, 0.15) is 6.04 Å². The van der Waals surface area contributed by atoms with E-state index in [1.807, 2.05) is 13.0 Å². The summed E-state index contributed by atoms with van der Waals surface area (Å²) >= 11 is 1.44. The Morgan fingerprint density at radius 1 is 1.75 bits per heavy atom. The van der Waals surface area contributed by atoms with Crippen LogP contribution in [0, 0.1) is 6.92 Å². The number of carbonyl (C=O) groups is 1. The normalized spacial score (nSPS) is 11.8. The van der Waals surface area contributed by atoms with Gasteiger partial charge in [0.15, 0.2) is 0 Å². The number of thiophene rings is 1. The molecule has 2 N–H and O–H groups in total. The summed E-state index contributed by atoms with van der Waals surface area (Å²) in [4.78, 5) is 15.4. The lowest BCUT2D eigenvalue weighted by molar-refractivity contribution is -0.139. The number of nitrogens with zero attached hydrogens (tertiary/aromatic N) is 3. The molecule has 0 bridgehead atoms. The summed E-state index contributed by atoms with van der Waals surface area (Å²) in [6, 6.07) is 2.94. The molecular formula is C9H12N4O2S. The van der Waals surface area contributed by atoms with Crippen molar-refractivity contribution in [2.75, 3.05) is 13.1 Å². The van der Waals surface area contributed by atoms with Crippen LogP contribution in [0.5, 0.6) is 0 Å². The van der Waals surface area contributed by atoms with Crippen LogP contribution >= 0.6 is 11.3 Å². The number of aryl methyl sites for hydroxylation is 1. The lowest BCUT2D eigenvalue weighted by atomic mass is 10.2. The standard InChI is InChI=1S/C9H12N4O2S/c1-6-2-3-7(16-6)8(9(14)15)11-4-5-12-13-10/h2-3,8,11H,4-5H2,1H3,(H,14,15). The number of carboxylic acids is 1. The highest BCUT2D eigenvalue weighted by Gasteiger charge is 2.19. The summed E-state index contributed by atoms with van der Waals surface area (Å²) in [7, 11) is 0. The maximum Gasteiger partial charge on any atom is 0.326 e. The van der Waals surface area contributed by atoms with E-state index in [0.29, 0.717) is 6.54 Å². The second-order valence-electron chi connectivity index (χ2n) is 3.13. The zero-order valence-electron chi connectivity index (χ0n) is 8.75. The van der Waals surface area contributed by atoms with Crippen molar-refractivity contribution in [1.29, 1.82) is 0 Å². The van der Waals surface area contributed by atoms with Gasteiger partial charge in [-0.1, -0.05) is 5.11 Å². The van der Waals surface area contributed by atoms with Crippen molar-refractivity contribution < 1.29 is 9.90 Å². The van der Waals surface area contributed by atoms with E-state index in [2.05, 4.69) is 15.3 Å². The predicted molar refractivity (Wildman–Crippen MR) is 61.4 cm³/mol. The second kappa shape index (κ2) is 6.12. The number of hydrogen-bond acceptors (Lipinski definition) is 4. The molecule has 1 heterocycles. The van der Waals surface area contributed by atoms with Crippen molar-refractivity contribution in [3.05, 3.63) is 32.3 Å². The van der Waals surface area contributed by atoms with Crippen LogP contribution in [0.15, 0.2) is 17.2 Å². The number of hydrogen-bond donors (Lipinski definition) is 2. The fourth-order valence-electron chi connectivity index (χ4n) is 1.22. The highest BCUT2D eigenvalue weighted by atomic mass is 32.1. The minimum atomic E-state index is -0.928. The van der Waals surface area contributed by atoms with Gasteiger partial charge in [-0.25, -0.2) is 0 Å². The first-order valence-electron chi connectivity index (χ1n) is 4.68. The van der Waals surface area contributed by atoms with Crippen LogP contribution in [-0.2, 0) is 4.79 Å². The van der Waals surface area contributed by atoms with E-state index < -0.39 is 12.0 Å². The zero-order valence-corrected chi connectivity index (χ0v) is 9.57. The molecule has 16 heavy (non-hydrogen) atoms. The Morgan fingerprint density at radius 2 is 2.50 bits per heavy atom. The molecule has 0 radical (unpaired) electrons. The molecule has 1 aromatic heterocycles. The lowest BCUT2D eigenvalue weighted by Gasteiger charge is -2.11. The van der Waals surface area contributed by atoms with Crippen molar-refractivity contribution in [3.8, 4) is 0 Å². The molecule has 0 spiro atoms. The molecule has 0 aliphatic heterocycles. The Bertz CT molecular complexity index is 411. The summed E-state index contributed by atoms with van der Waals surface area (Å²) in [5.74, 6) is -0.928. The topological polar surface area (TPSA) is 98.1 Å². The number of carboxylic acid groups (broad SMARTS) is 1. The predicted octanol–water partition coefficient (Wildman–Crippen LogP) is 2.08. The maximum atomic E-state index is 11.0. The Morgan fingerprint density at radius 3 is 3.00 bits per heavy atom. The van der Waals surface area contributed by atoms with E-state index in [1.54, 1.807) is 6.07 Å². The number of azide groups is 1. The van der Waals surface area contributed by atoms with Crippen LogP contribution in [0.4, 0.5) is 0 Å². The van der Waals surface area contributed by atoms with Gasteiger partial charge >= 0.3 is 5.97 Å². The SMILES string of the molecule is Cc1ccc(C(NCCN=[N+]=[N-])C(=O)O)s1. The lowest BCUT2D eigenvalue weighted by Crippen LogP contribution is -2.29. The second-order valence-corrected chi connectivity index (χ2v) is 4.45. The smallest absolute Gasteiger partial charge is 0.326 e. The van der Waals surface area contributed by atoms with Gasteiger partial charge in [-0.15, -0.1) is 11.3 Å². The Balaban J connectivity index is 2.61. The first kappa shape index (κ1) is 12.5. The molecule has 0 fully saturated rings. The number of nitrogens with one attached hydrogen (secondary N) is 1. The first-order valence-corrected chi connectivity index (χ1v) is 5.50. The van der Waals surface area contributed by atoms with Crippen LogP contribution in [-0.4, -0.2) is 24.2 Å². The Hall–Kier alpha value is -1.56. The summed E-state index contributed by atoms with van der Waals surface area (Å²) in [6.07, 6.45) is 0. The Kier molecular flexibility index (Phi) is 4.78. The number of aliphatic carboxylic acids is 1. The van der Waals surface area contributed by atoms with Crippen LogP contribution in [0.2, 0.25) is 0 Å². The van der Waals surface area contributed by atoms with Crippen LogP contribution in [0.3, 0.4) is 0 Å². The molecular weight excluding hydrogens is 228 g/mol. The molecule has 0 saturated carbocycles. The monoisotopic (exact) mass is 240 g/mol. The molecule has 0 aromatic carbocycles. The summed E-state index contributed by atoms with van der Waals surface area (Å²) < 4.78 is 0. The number of rotatable bonds is 6. The molecule has 0 aliphatic rings. The van der Waals surface area contributed by atoms with Crippen LogP contribution in [0.1, 0.15) is 15.8 Å². The van der Waals surface area contributed by atoms with E-state index in [9.17, 15) is 4.79 Å². The summed E-state index contributed by atoms with van der Waals surface area (Å²) in [5, 5.41) is 15.2. The highest BCUT2D eigenvalue weighted by Crippen LogP contribution is 2.22. The van der Waals surface area contributed by atoms with E-state index in [-0.39, 0.29) is 6.54 Å². The minimum absolute atomic E-state index is 0.241. The summed E-state index contributed by atoms with van der Waals surface area (Å²) in [5.41, 5.74) is 8.08. The van der Waals surface area contributed by atoms with Gasteiger partial charge in [-0.05, 0) is 24.6 Å². The minimum Gasteiger partial charge on any atom is -0.480 e. The molecule has 7 heteroatoms. The van der Waals surface area contributed by atoms with Gasteiger partial charge in [-0.2, -0.15) is 0 Å². The largest absolute Gasteiger partial charge is 0.480 e. The third kappa shape index (κ3) is 3.54. The third-order valence-corrected chi connectivity index (χ3v) is 2.98. The van der Waals surface area contributed by atoms with Crippen molar-refractivity contribution >= 4 is 17.3 Å². The van der Waals surface area contributed by atoms with Gasteiger partial charge in [0.25, 0.3) is 0 Å². The first-order chi connectivity index (χ1) is 7.65. The summed E-state index contributed by atoms with van der Waals surface area (Å²) in [6.45, 7) is 2.51. The van der Waals surface area contributed by atoms with Gasteiger partial charge in [0.05, 0.1) is 0 Å². The Labute approximate surface area is 96.5 Å². The van der Waals surface area contributed by atoms with Gasteiger partial charge < -0.3 is 5.11 Å². The van der Waals surface area contributed by atoms with Gasteiger partial charge in [0, 0.05) is 27.8 Å². The van der Waals surface area contributed by atoms with E-state index in [4.69, 9.17) is 10.6 Å². The van der Waals surface area contributed by atoms with E-state index >= 15 is 0 Å². The zero-order chi connectivity index (χ0) is 12.0. The van der Waals surface area contributed by atoms with Crippen molar-refractivity contribution in [3.63, 3.8) is 0 Å². The quantitative estimate of drug-likeness (QED) is 0.344. The molecule has 1 rings (SSSR count). The average Bonchev–Trinajstić information content (AvgIpc) is 2.64. The van der Waals surface area contributed by atoms with Gasteiger partial charge in [-0.3, -0.25) is 10.1 Å². The van der Waals surface area contributed by atoms with E-state index in [0.717, 1.165) is 9.75 Å². The molecule has 1 unspecified atom stereocenters. The molecule has 0 saturated heterocycles. The average molecular weight is 240 g/mol. The van der Waals surface area contributed by atoms with Crippen molar-refractivity contribution in [2.45, 2.75) is 13.0 Å². The maximum absolute atomic E-state index is 11.0. The fraction of sp³-hybridized carbons (Fsp3) is 0.444. The molecule has 86 valence electrons. The van der Waals surface area contributed by atoms with Crippen LogP contribution < -0.4 is 5.32 Å². The highest BCUT2D eigenvalue weighted by molar-refractivity contribution is 7.12. The molecule has 0 aliphatic carbocycles. The van der Waals surface area contributed by atoms with Crippen LogP contribution in [0.25, 0.3) is 10.4 Å². The third-order valence-electron chi connectivity index (χ3n) is 1.92.